The summed E-state index contributed by atoms with van der Waals surface area (Å²) in [5.74, 6) is -0.323. The average Bonchev–Trinajstić information content (AvgIpc) is 2.74. The summed E-state index contributed by atoms with van der Waals surface area (Å²) in [4.78, 5) is 11.7. The second kappa shape index (κ2) is 6.55. The van der Waals surface area contributed by atoms with Crippen molar-refractivity contribution in [3.8, 4) is 5.75 Å². The van der Waals surface area contributed by atoms with Crippen molar-refractivity contribution in [2.24, 2.45) is 5.10 Å². The molecule has 1 aromatic heterocycles. The minimum Gasteiger partial charge on any atom is -0.507 e. The SMILES string of the molecule is O=C(NN=Cc1cc(Br)ccc1O)c1cc(Br)c(Br)o1. The Morgan fingerprint density at radius 1 is 1.30 bits per heavy atom. The number of nitrogens with one attached hydrogen (secondary N) is 1. The van der Waals surface area contributed by atoms with Crippen LogP contribution in [0.5, 0.6) is 5.75 Å². The van der Waals surface area contributed by atoms with Crippen LogP contribution in [0.1, 0.15) is 16.1 Å². The van der Waals surface area contributed by atoms with Crippen molar-refractivity contribution in [3.05, 3.63) is 49.2 Å². The maximum absolute atomic E-state index is 11.7. The molecule has 2 aromatic rings. The molecule has 20 heavy (non-hydrogen) atoms. The molecular weight excluding hydrogens is 460 g/mol. The number of furan rings is 1. The Morgan fingerprint density at radius 3 is 2.70 bits per heavy atom. The molecule has 0 unspecified atom stereocenters. The third kappa shape index (κ3) is 3.71. The van der Waals surface area contributed by atoms with Crippen molar-refractivity contribution >= 4 is 59.9 Å². The van der Waals surface area contributed by atoms with E-state index in [1.807, 2.05) is 0 Å². The molecule has 0 radical (unpaired) electrons. The monoisotopic (exact) mass is 464 g/mol. The number of aromatic hydroxyl groups is 1. The molecule has 0 aliphatic heterocycles. The highest BCUT2D eigenvalue weighted by molar-refractivity contribution is 9.13. The van der Waals surface area contributed by atoms with Gasteiger partial charge >= 0.3 is 5.91 Å². The minimum atomic E-state index is -0.498. The van der Waals surface area contributed by atoms with E-state index in [1.54, 1.807) is 12.1 Å². The van der Waals surface area contributed by atoms with Gasteiger partial charge in [0.2, 0.25) is 0 Å². The smallest absolute Gasteiger partial charge is 0.307 e. The summed E-state index contributed by atoms with van der Waals surface area (Å²) in [6.45, 7) is 0. The highest BCUT2D eigenvalue weighted by Gasteiger charge is 2.13. The van der Waals surface area contributed by atoms with Gasteiger partial charge in [-0.2, -0.15) is 5.10 Å². The van der Waals surface area contributed by atoms with Crippen LogP contribution in [0.4, 0.5) is 0 Å². The van der Waals surface area contributed by atoms with Gasteiger partial charge in [0.05, 0.1) is 10.7 Å². The molecule has 1 aromatic carbocycles. The van der Waals surface area contributed by atoms with Crippen LogP contribution < -0.4 is 5.43 Å². The average molecular weight is 467 g/mol. The second-order valence-electron chi connectivity index (χ2n) is 3.63. The first kappa shape index (κ1) is 15.3. The summed E-state index contributed by atoms with van der Waals surface area (Å²) < 4.78 is 7.00. The van der Waals surface area contributed by atoms with Crippen LogP contribution in [0.25, 0.3) is 0 Å². The largest absolute Gasteiger partial charge is 0.507 e. The highest BCUT2D eigenvalue weighted by Crippen LogP contribution is 2.26. The van der Waals surface area contributed by atoms with Crippen molar-refractivity contribution < 1.29 is 14.3 Å². The van der Waals surface area contributed by atoms with E-state index in [-0.39, 0.29) is 11.5 Å². The molecule has 0 saturated carbocycles. The number of hydrazone groups is 1. The summed E-state index contributed by atoms with van der Waals surface area (Å²) in [6.07, 6.45) is 1.34. The van der Waals surface area contributed by atoms with Gasteiger partial charge in [-0.05, 0) is 50.1 Å². The second-order valence-corrected chi connectivity index (χ2v) is 6.12. The molecule has 2 N–H and O–H groups in total. The normalized spacial score (nSPS) is 10.9. The van der Waals surface area contributed by atoms with E-state index in [0.29, 0.717) is 14.7 Å². The molecule has 0 aliphatic rings. The maximum atomic E-state index is 11.7. The summed E-state index contributed by atoms with van der Waals surface area (Å²) in [5.41, 5.74) is 2.78. The summed E-state index contributed by atoms with van der Waals surface area (Å²) in [6, 6.07) is 6.41. The zero-order valence-corrected chi connectivity index (χ0v) is 14.5. The van der Waals surface area contributed by atoms with Crippen molar-refractivity contribution in [2.75, 3.05) is 0 Å². The van der Waals surface area contributed by atoms with Crippen LogP contribution in [0, 0.1) is 0 Å². The van der Waals surface area contributed by atoms with Crippen molar-refractivity contribution in [1.82, 2.24) is 5.43 Å². The zero-order valence-electron chi connectivity index (χ0n) is 9.73. The number of hydrogen-bond donors (Lipinski definition) is 2. The highest BCUT2D eigenvalue weighted by atomic mass is 79.9. The quantitative estimate of drug-likeness (QED) is 0.529. The molecule has 1 heterocycles. The van der Waals surface area contributed by atoms with Crippen LogP contribution in [-0.2, 0) is 0 Å². The standard InChI is InChI=1S/C12H7Br3N2O3/c13-7-1-2-9(18)6(3-7)5-16-17-12(19)10-4-8(14)11(15)20-10/h1-5,18H,(H,17,19). The lowest BCUT2D eigenvalue weighted by Crippen LogP contribution is -2.16. The molecule has 1 amide bonds. The van der Waals surface area contributed by atoms with Gasteiger partial charge in [0, 0.05) is 16.1 Å². The Labute approximate surface area is 139 Å². The maximum Gasteiger partial charge on any atom is 0.307 e. The van der Waals surface area contributed by atoms with E-state index in [0.717, 1.165) is 4.47 Å². The Hall–Kier alpha value is -1.12. The third-order valence-electron chi connectivity index (χ3n) is 2.23. The number of amides is 1. The predicted octanol–water partition coefficient (Wildman–Crippen LogP) is 4.04. The van der Waals surface area contributed by atoms with Gasteiger partial charge in [0.1, 0.15) is 5.75 Å². The Balaban J connectivity index is 2.06. The van der Waals surface area contributed by atoms with Crippen LogP contribution in [0.2, 0.25) is 0 Å². The first-order valence-electron chi connectivity index (χ1n) is 5.24. The number of carbonyl (C=O) groups is 1. The number of benzene rings is 1. The minimum absolute atomic E-state index is 0.0645. The molecule has 8 heteroatoms. The first-order chi connectivity index (χ1) is 9.47. The van der Waals surface area contributed by atoms with Crippen molar-refractivity contribution in [1.29, 1.82) is 0 Å². The number of carbonyl (C=O) groups excluding carboxylic acids is 1. The van der Waals surface area contributed by atoms with Gasteiger partial charge in [0.25, 0.3) is 0 Å². The number of phenolic OH excluding ortho intramolecular Hbond substituents is 1. The summed E-state index contributed by atoms with van der Waals surface area (Å²) in [5, 5.41) is 13.4. The molecule has 5 nitrogen and oxygen atoms in total. The van der Waals surface area contributed by atoms with Crippen LogP contribution in [0.3, 0.4) is 0 Å². The van der Waals surface area contributed by atoms with E-state index in [1.165, 1.54) is 18.3 Å². The lowest BCUT2D eigenvalue weighted by atomic mass is 10.2. The van der Waals surface area contributed by atoms with E-state index in [9.17, 15) is 9.90 Å². The molecule has 0 spiro atoms. The fourth-order valence-electron chi connectivity index (χ4n) is 1.30. The number of hydrogen-bond acceptors (Lipinski definition) is 4. The number of phenols is 1. The Morgan fingerprint density at radius 2 is 2.05 bits per heavy atom. The van der Waals surface area contributed by atoms with Gasteiger partial charge in [-0.3, -0.25) is 4.79 Å². The third-order valence-corrected chi connectivity index (χ3v) is 4.43. The van der Waals surface area contributed by atoms with E-state index in [4.69, 9.17) is 4.42 Å². The number of nitrogens with zero attached hydrogens (tertiary/aromatic N) is 1. The number of halogens is 3. The predicted molar refractivity (Wildman–Crippen MR) is 85.0 cm³/mol. The lowest BCUT2D eigenvalue weighted by molar-refractivity contribution is 0.0926. The van der Waals surface area contributed by atoms with E-state index >= 15 is 0 Å². The van der Waals surface area contributed by atoms with E-state index < -0.39 is 5.91 Å². The molecule has 2 rings (SSSR count). The lowest BCUT2D eigenvalue weighted by Gasteiger charge is -1.99. The Bertz CT molecular complexity index is 663. The van der Waals surface area contributed by atoms with Gasteiger partial charge < -0.3 is 9.52 Å². The van der Waals surface area contributed by atoms with Crippen LogP contribution in [0.15, 0.2) is 47.4 Å². The molecule has 0 atom stereocenters. The molecule has 0 fully saturated rings. The summed E-state index contributed by atoms with van der Waals surface area (Å²) in [7, 11) is 0. The van der Waals surface area contributed by atoms with Crippen molar-refractivity contribution in [3.63, 3.8) is 0 Å². The van der Waals surface area contributed by atoms with Gasteiger partial charge in [0.15, 0.2) is 10.4 Å². The number of rotatable bonds is 3. The first-order valence-corrected chi connectivity index (χ1v) is 7.62. The van der Waals surface area contributed by atoms with Gasteiger partial charge in [-0.1, -0.05) is 15.9 Å². The molecule has 104 valence electrons. The zero-order chi connectivity index (χ0) is 14.7. The van der Waals surface area contributed by atoms with Gasteiger partial charge in [-0.15, -0.1) is 0 Å². The molecular formula is C12H7Br3N2O3. The molecule has 0 saturated heterocycles. The topological polar surface area (TPSA) is 74.8 Å². The fraction of sp³-hybridized carbons (Fsp3) is 0. The van der Waals surface area contributed by atoms with Crippen molar-refractivity contribution in [2.45, 2.75) is 0 Å². The summed E-state index contributed by atoms with van der Waals surface area (Å²) >= 11 is 9.62. The van der Waals surface area contributed by atoms with Gasteiger partial charge in [-0.25, -0.2) is 5.43 Å². The molecule has 0 aliphatic carbocycles. The van der Waals surface area contributed by atoms with Crippen LogP contribution in [-0.4, -0.2) is 17.2 Å². The van der Waals surface area contributed by atoms with Crippen LogP contribution >= 0.6 is 47.8 Å². The molecule has 0 bridgehead atoms. The fourth-order valence-corrected chi connectivity index (χ4v) is 2.26. The Kier molecular flexibility index (Phi) is 5.00. The van der Waals surface area contributed by atoms with E-state index in [2.05, 4.69) is 58.3 Å².